The Labute approximate surface area is 142 Å². The third-order valence-corrected chi connectivity index (χ3v) is 4.45. The summed E-state index contributed by atoms with van der Waals surface area (Å²) in [5.74, 6) is 0.210. The summed E-state index contributed by atoms with van der Waals surface area (Å²) >= 11 is 6.27. The number of halogens is 1. The maximum atomic E-state index is 12.4. The van der Waals surface area contributed by atoms with Gasteiger partial charge in [-0.25, -0.2) is 4.79 Å². The van der Waals surface area contributed by atoms with Gasteiger partial charge in [-0.2, -0.15) is 0 Å². The highest BCUT2D eigenvalue weighted by atomic mass is 35.5. The Bertz CT molecular complexity index is 524. The zero-order valence-corrected chi connectivity index (χ0v) is 14.6. The van der Waals surface area contributed by atoms with Crippen molar-refractivity contribution in [2.24, 2.45) is 5.92 Å². The smallest absolute Gasteiger partial charge is 0.315 e. The minimum absolute atomic E-state index is 0.0210. The largest absolute Gasteiger partial charge is 0.379 e. The number of amides is 2. The van der Waals surface area contributed by atoms with Crippen molar-refractivity contribution in [3.63, 3.8) is 0 Å². The second-order valence-electron chi connectivity index (χ2n) is 6.11. The van der Waals surface area contributed by atoms with Crippen LogP contribution in [-0.4, -0.2) is 38.5 Å². The van der Waals surface area contributed by atoms with Crippen molar-refractivity contribution in [3.8, 4) is 0 Å². The molecule has 1 aromatic rings. The molecule has 2 N–H and O–H groups in total. The van der Waals surface area contributed by atoms with E-state index >= 15 is 0 Å². The first-order chi connectivity index (χ1) is 11.0. The van der Waals surface area contributed by atoms with Crippen LogP contribution in [0.1, 0.15) is 31.9 Å². The van der Waals surface area contributed by atoms with E-state index in [0.717, 1.165) is 12.0 Å². The van der Waals surface area contributed by atoms with Crippen molar-refractivity contribution in [1.82, 2.24) is 10.6 Å². The fourth-order valence-corrected chi connectivity index (χ4v) is 3.07. The number of methoxy groups -OCH3 is 1. The number of carbonyl (C=O) groups is 1. The van der Waals surface area contributed by atoms with Gasteiger partial charge in [0, 0.05) is 18.7 Å². The molecule has 1 unspecified atom stereocenters. The molecule has 1 saturated heterocycles. The van der Waals surface area contributed by atoms with Gasteiger partial charge < -0.3 is 20.1 Å². The monoisotopic (exact) mass is 340 g/mol. The van der Waals surface area contributed by atoms with Crippen LogP contribution in [0.5, 0.6) is 0 Å². The number of urea groups is 1. The third-order valence-electron chi connectivity index (χ3n) is 4.11. The van der Waals surface area contributed by atoms with E-state index in [1.54, 1.807) is 7.11 Å². The minimum Gasteiger partial charge on any atom is -0.379 e. The van der Waals surface area contributed by atoms with Crippen LogP contribution in [-0.2, 0) is 9.47 Å². The van der Waals surface area contributed by atoms with E-state index in [2.05, 4.69) is 24.5 Å². The zero-order valence-electron chi connectivity index (χ0n) is 13.8. The average Bonchev–Trinajstić information content (AvgIpc) is 2.53. The standard InChI is InChI=1S/C17H25ClN2O3/c1-11(2)16(12-6-4-5-7-13(12)18)20-17(21)19-14-10-23-9-8-15(14)22-3/h4-7,11,14-16H,8-10H2,1-3H3,(H2,19,20,21)/t14-,15-,16?/m1/s1. The van der Waals surface area contributed by atoms with E-state index in [1.807, 2.05) is 24.3 Å². The molecule has 0 saturated carbocycles. The first kappa shape index (κ1) is 18.0. The molecule has 0 radical (unpaired) electrons. The van der Waals surface area contributed by atoms with Gasteiger partial charge in [0.05, 0.1) is 24.8 Å². The van der Waals surface area contributed by atoms with Crippen molar-refractivity contribution in [3.05, 3.63) is 34.9 Å². The van der Waals surface area contributed by atoms with Gasteiger partial charge in [0.2, 0.25) is 0 Å². The summed E-state index contributed by atoms with van der Waals surface area (Å²) in [6.07, 6.45) is 0.756. The lowest BCUT2D eigenvalue weighted by Crippen LogP contribution is -2.53. The molecule has 2 amide bonds. The normalized spacial score (nSPS) is 22.7. The number of hydrogen-bond donors (Lipinski definition) is 2. The summed E-state index contributed by atoms with van der Waals surface area (Å²) in [5, 5.41) is 6.63. The number of carbonyl (C=O) groups excluding carboxylic acids is 1. The molecular weight excluding hydrogens is 316 g/mol. The number of benzene rings is 1. The van der Waals surface area contributed by atoms with Gasteiger partial charge in [0.1, 0.15) is 0 Å². The second-order valence-corrected chi connectivity index (χ2v) is 6.51. The van der Waals surface area contributed by atoms with Crippen LogP contribution in [0.15, 0.2) is 24.3 Å². The van der Waals surface area contributed by atoms with E-state index in [9.17, 15) is 4.79 Å². The molecule has 1 heterocycles. The molecule has 128 valence electrons. The highest BCUT2D eigenvalue weighted by Gasteiger charge is 2.28. The predicted octanol–water partition coefficient (Wildman–Crippen LogP) is 3.14. The third kappa shape index (κ3) is 4.83. The molecule has 3 atom stereocenters. The van der Waals surface area contributed by atoms with Crippen LogP contribution in [0.4, 0.5) is 4.79 Å². The SMILES string of the molecule is CO[C@@H]1CCOC[C@H]1NC(=O)NC(c1ccccc1Cl)C(C)C. The van der Waals surface area contributed by atoms with Gasteiger partial charge in [-0.1, -0.05) is 43.6 Å². The topological polar surface area (TPSA) is 59.6 Å². The molecule has 1 fully saturated rings. The molecule has 0 spiro atoms. The number of rotatable bonds is 5. The van der Waals surface area contributed by atoms with Gasteiger partial charge in [0.15, 0.2) is 0 Å². The Hall–Kier alpha value is -1.30. The van der Waals surface area contributed by atoms with Crippen molar-refractivity contribution < 1.29 is 14.3 Å². The Morgan fingerprint density at radius 1 is 1.39 bits per heavy atom. The van der Waals surface area contributed by atoms with Gasteiger partial charge in [0.25, 0.3) is 0 Å². The maximum absolute atomic E-state index is 12.4. The summed E-state index contributed by atoms with van der Waals surface area (Å²) in [4.78, 5) is 12.4. The Morgan fingerprint density at radius 2 is 2.13 bits per heavy atom. The predicted molar refractivity (Wildman–Crippen MR) is 90.7 cm³/mol. The van der Waals surface area contributed by atoms with Crippen LogP contribution in [0.2, 0.25) is 5.02 Å². The summed E-state index contributed by atoms with van der Waals surface area (Å²) in [6.45, 7) is 5.23. The Morgan fingerprint density at radius 3 is 2.78 bits per heavy atom. The molecule has 1 aliphatic heterocycles. The quantitative estimate of drug-likeness (QED) is 0.865. The minimum atomic E-state index is -0.235. The molecule has 23 heavy (non-hydrogen) atoms. The van der Waals surface area contributed by atoms with Crippen molar-refractivity contribution in [2.75, 3.05) is 20.3 Å². The van der Waals surface area contributed by atoms with Gasteiger partial charge >= 0.3 is 6.03 Å². The van der Waals surface area contributed by atoms with Crippen molar-refractivity contribution in [1.29, 1.82) is 0 Å². The highest BCUT2D eigenvalue weighted by Crippen LogP contribution is 2.28. The Balaban J connectivity index is 2.02. The van der Waals surface area contributed by atoms with E-state index < -0.39 is 0 Å². The van der Waals surface area contributed by atoms with E-state index in [1.165, 1.54) is 0 Å². The molecule has 5 nitrogen and oxygen atoms in total. The highest BCUT2D eigenvalue weighted by molar-refractivity contribution is 6.31. The summed E-state index contributed by atoms with van der Waals surface area (Å²) in [5.41, 5.74) is 0.919. The van der Waals surface area contributed by atoms with Crippen LogP contribution in [0.3, 0.4) is 0 Å². The van der Waals surface area contributed by atoms with Gasteiger partial charge in [-0.15, -0.1) is 0 Å². The van der Waals surface area contributed by atoms with Crippen molar-refractivity contribution >= 4 is 17.6 Å². The van der Waals surface area contributed by atoms with Crippen molar-refractivity contribution in [2.45, 2.75) is 38.5 Å². The second kappa shape index (κ2) is 8.52. The fraction of sp³-hybridized carbons (Fsp3) is 0.588. The van der Waals surface area contributed by atoms with Gasteiger partial charge in [-0.3, -0.25) is 0 Å². The number of ether oxygens (including phenoxy) is 2. The average molecular weight is 341 g/mol. The summed E-state index contributed by atoms with van der Waals surface area (Å²) in [7, 11) is 1.66. The Kier molecular flexibility index (Phi) is 6.69. The van der Waals surface area contributed by atoms with Crippen LogP contribution < -0.4 is 10.6 Å². The molecule has 1 aliphatic rings. The van der Waals surface area contributed by atoms with E-state index in [-0.39, 0.29) is 30.1 Å². The lowest BCUT2D eigenvalue weighted by atomic mass is 9.96. The first-order valence-corrected chi connectivity index (χ1v) is 8.32. The molecule has 2 rings (SSSR count). The fourth-order valence-electron chi connectivity index (χ4n) is 2.82. The number of hydrogen-bond acceptors (Lipinski definition) is 3. The molecular formula is C17H25ClN2O3. The van der Waals surface area contributed by atoms with Crippen LogP contribution in [0, 0.1) is 5.92 Å². The van der Waals surface area contributed by atoms with E-state index in [0.29, 0.717) is 18.2 Å². The van der Waals surface area contributed by atoms with Crippen LogP contribution >= 0.6 is 11.6 Å². The molecule has 0 aromatic heterocycles. The van der Waals surface area contributed by atoms with Gasteiger partial charge in [-0.05, 0) is 24.0 Å². The molecule has 6 heteroatoms. The first-order valence-electron chi connectivity index (χ1n) is 7.95. The molecule has 0 aliphatic carbocycles. The molecule has 1 aromatic carbocycles. The maximum Gasteiger partial charge on any atom is 0.315 e. The summed E-state index contributed by atoms with van der Waals surface area (Å²) < 4.78 is 10.8. The van der Waals surface area contributed by atoms with E-state index in [4.69, 9.17) is 21.1 Å². The molecule has 0 bridgehead atoms. The zero-order chi connectivity index (χ0) is 16.8. The van der Waals surface area contributed by atoms with Crippen LogP contribution in [0.25, 0.3) is 0 Å². The number of nitrogens with one attached hydrogen (secondary N) is 2. The summed E-state index contributed by atoms with van der Waals surface area (Å²) in [6, 6.07) is 7.04. The lowest BCUT2D eigenvalue weighted by molar-refractivity contribution is -0.0335. The lowest BCUT2D eigenvalue weighted by Gasteiger charge is -2.32.